The van der Waals surface area contributed by atoms with Crippen LogP contribution in [0.15, 0.2) is 77.9 Å². The first-order valence-electron chi connectivity index (χ1n) is 10.2. The maximum absolute atomic E-state index is 12.7. The van der Waals surface area contributed by atoms with Crippen LogP contribution in [0.25, 0.3) is 0 Å². The summed E-state index contributed by atoms with van der Waals surface area (Å²) in [5, 5.41) is 9.06. The third-order valence-corrected chi connectivity index (χ3v) is 4.72. The molecule has 3 aromatic rings. The van der Waals surface area contributed by atoms with E-state index in [1.54, 1.807) is 36.4 Å². The van der Waals surface area contributed by atoms with Crippen molar-refractivity contribution < 1.29 is 14.4 Å². The fraction of sp³-hybridized carbons (Fsp3) is 0.120. The zero-order valence-electron chi connectivity index (χ0n) is 18.6. The average molecular weight is 444 g/mol. The highest BCUT2D eigenvalue weighted by Gasteiger charge is 2.17. The lowest BCUT2D eigenvalue weighted by atomic mass is 10.1. The Labute approximate surface area is 192 Å². The van der Waals surface area contributed by atoms with Crippen LogP contribution in [0.4, 0.5) is 17.1 Å². The Morgan fingerprint density at radius 2 is 1.48 bits per heavy atom. The largest absolute Gasteiger partial charge is 0.378 e. The van der Waals surface area contributed by atoms with Gasteiger partial charge in [0.15, 0.2) is 0 Å². The van der Waals surface area contributed by atoms with E-state index in [-0.39, 0.29) is 11.3 Å². The number of carbonyl (C=O) groups is 3. The lowest BCUT2D eigenvalue weighted by Gasteiger charge is -2.11. The molecular formula is C25H25N5O3. The lowest BCUT2D eigenvalue weighted by Crippen LogP contribution is -2.33. The van der Waals surface area contributed by atoms with Gasteiger partial charge in [-0.2, -0.15) is 5.10 Å². The average Bonchev–Trinajstić information content (AvgIpc) is 2.81. The fourth-order valence-electron chi connectivity index (χ4n) is 2.88. The summed E-state index contributed by atoms with van der Waals surface area (Å²) in [5.41, 5.74) is 6.11. The van der Waals surface area contributed by atoms with Crippen molar-refractivity contribution in [1.82, 2.24) is 5.43 Å². The molecule has 0 aliphatic carbocycles. The number of rotatable bonds is 6. The number of hydrazone groups is 1. The van der Waals surface area contributed by atoms with E-state index in [2.05, 4.69) is 21.2 Å². The Morgan fingerprint density at radius 1 is 0.818 bits per heavy atom. The highest BCUT2D eigenvalue weighted by Crippen LogP contribution is 2.18. The molecule has 0 heterocycles. The summed E-state index contributed by atoms with van der Waals surface area (Å²) in [6.07, 6.45) is 1.44. The van der Waals surface area contributed by atoms with Crippen LogP contribution < -0.4 is 21.0 Å². The molecule has 0 bridgehead atoms. The van der Waals surface area contributed by atoms with Crippen LogP contribution in [0.2, 0.25) is 0 Å². The first-order chi connectivity index (χ1) is 15.8. The molecule has 3 aromatic carbocycles. The number of benzene rings is 3. The molecule has 0 saturated heterocycles. The van der Waals surface area contributed by atoms with Gasteiger partial charge in [0.05, 0.1) is 17.5 Å². The molecule has 168 valence electrons. The Morgan fingerprint density at radius 3 is 2.15 bits per heavy atom. The van der Waals surface area contributed by atoms with Gasteiger partial charge in [-0.3, -0.25) is 14.4 Å². The molecule has 8 nitrogen and oxygen atoms in total. The second-order valence-corrected chi connectivity index (χ2v) is 7.50. The maximum atomic E-state index is 12.7. The van der Waals surface area contributed by atoms with Crippen LogP contribution in [-0.2, 0) is 9.59 Å². The molecule has 8 heteroatoms. The number of nitrogens with one attached hydrogen (secondary N) is 3. The minimum absolute atomic E-state index is 0.213. The van der Waals surface area contributed by atoms with Crippen LogP contribution in [0, 0.1) is 6.92 Å². The van der Waals surface area contributed by atoms with Crippen molar-refractivity contribution in [3.63, 3.8) is 0 Å². The van der Waals surface area contributed by atoms with Crippen LogP contribution in [-0.4, -0.2) is 38.0 Å². The summed E-state index contributed by atoms with van der Waals surface area (Å²) >= 11 is 0. The van der Waals surface area contributed by atoms with Crippen molar-refractivity contribution in [2.75, 3.05) is 29.6 Å². The summed E-state index contributed by atoms with van der Waals surface area (Å²) < 4.78 is 0. The number of para-hydroxylation sites is 1. The van der Waals surface area contributed by atoms with Crippen molar-refractivity contribution in [3.05, 3.63) is 89.5 Å². The summed E-state index contributed by atoms with van der Waals surface area (Å²) in [4.78, 5) is 39.1. The van der Waals surface area contributed by atoms with Crippen molar-refractivity contribution in [2.24, 2.45) is 5.10 Å². The van der Waals surface area contributed by atoms with Gasteiger partial charge in [-0.25, -0.2) is 5.43 Å². The molecule has 0 unspecified atom stereocenters. The number of nitrogens with zero attached hydrogens (tertiary/aromatic N) is 2. The smallest absolute Gasteiger partial charge is 0.329 e. The van der Waals surface area contributed by atoms with Gasteiger partial charge in [0.1, 0.15) is 0 Å². The zero-order valence-corrected chi connectivity index (χ0v) is 18.6. The monoisotopic (exact) mass is 443 g/mol. The molecule has 0 saturated carbocycles. The number of anilines is 3. The van der Waals surface area contributed by atoms with E-state index < -0.39 is 17.7 Å². The minimum Gasteiger partial charge on any atom is -0.378 e. The number of hydrogen-bond donors (Lipinski definition) is 3. The SMILES string of the molecule is Cc1ccc(NC(=O)c2ccccc2NC(=O)C(=O)NN=Cc2ccc(N(C)C)cc2)cc1. The topological polar surface area (TPSA) is 103 Å². The Hall–Kier alpha value is -4.46. The highest BCUT2D eigenvalue weighted by molar-refractivity contribution is 6.40. The normalized spacial score (nSPS) is 10.5. The van der Waals surface area contributed by atoms with Crippen LogP contribution >= 0.6 is 0 Å². The first kappa shape index (κ1) is 23.2. The molecule has 0 atom stereocenters. The number of amides is 3. The van der Waals surface area contributed by atoms with Crippen LogP contribution in [0.1, 0.15) is 21.5 Å². The van der Waals surface area contributed by atoms with Gasteiger partial charge < -0.3 is 15.5 Å². The van der Waals surface area contributed by atoms with Gasteiger partial charge in [-0.1, -0.05) is 42.0 Å². The van der Waals surface area contributed by atoms with Crippen molar-refractivity contribution in [1.29, 1.82) is 0 Å². The molecule has 0 spiro atoms. The Bertz CT molecular complexity index is 1170. The summed E-state index contributed by atoms with van der Waals surface area (Å²) in [6, 6.07) is 21.3. The van der Waals surface area contributed by atoms with Crippen molar-refractivity contribution >= 4 is 41.0 Å². The maximum Gasteiger partial charge on any atom is 0.329 e. The van der Waals surface area contributed by atoms with E-state index in [0.29, 0.717) is 5.69 Å². The van der Waals surface area contributed by atoms with Gasteiger partial charge in [-0.05, 0) is 48.9 Å². The highest BCUT2D eigenvalue weighted by atomic mass is 16.2. The van der Waals surface area contributed by atoms with E-state index in [0.717, 1.165) is 16.8 Å². The van der Waals surface area contributed by atoms with E-state index >= 15 is 0 Å². The zero-order chi connectivity index (χ0) is 23.8. The van der Waals surface area contributed by atoms with Gasteiger partial charge in [0.2, 0.25) is 0 Å². The quantitative estimate of drug-likeness (QED) is 0.309. The lowest BCUT2D eigenvalue weighted by molar-refractivity contribution is -0.136. The van der Waals surface area contributed by atoms with Gasteiger partial charge in [-0.15, -0.1) is 0 Å². The van der Waals surface area contributed by atoms with Gasteiger partial charge in [0.25, 0.3) is 5.91 Å². The van der Waals surface area contributed by atoms with E-state index in [1.807, 2.05) is 62.3 Å². The fourth-order valence-corrected chi connectivity index (χ4v) is 2.88. The van der Waals surface area contributed by atoms with Crippen molar-refractivity contribution in [2.45, 2.75) is 6.92 Å². The summed E-state index contributed by atoms with van der Waals surface area (Å²) in [6.45, 7) is 1.95. The predicted octanol–water partition coefficient (Wildman–Crippen LogP) is 3.40. The van der Waals surface area contributed by atoms with E-state index in [4.69, 9.17) is 0 Å². The summed E-state index contributed by atoms with van der Waals surface area (Å²) in [7, 11) is 3.87. The molecular weight excluding hydrogens is 418 g/mol. The van der Waals surface area contributed by atoms with Crippen LogP contribution in [0.3, 0.4) is 0 Å². The first-order valence-corrected chi connectivity index (χ1v) is 10.2. The Kier molecular flexibility index (Phi) is 7.54. The second kappa shape index (κ2) is 10.7. The predicted molar refractivity (Wildman–Crippen MR) is 131 cm³/mol. The van der Waals surface area contributed by atoms with Gasteiger partial charge >= 0.3 is 11.8 Å². The molecule has 0 aliphatic heterocycles. The third kappa shape index (κ3) is 6.51. The summed E-state index contributed by atoms with van der Waals surface area (Å²) in [5.74, 6) is -2.30. The minimum atomic E-state index is -0.954. The van der Waals surface area contributed by atoms with Crippen molar-refractivity contribution in [3.8, 4) is 0 Å². The number of carbonyl (C=O) groups excluding carboxylic acids is 3. The Balaban J connectivity index is 1.60. The van der Waals surface area contributed by atoms with Gasteiger partial charge in [0, 0.05) is 25.5 Å². The molecule has 0 radical (unpaired) electrons. The standard InChI is InChI=1S/C25H25N5O3/c1-17-8-12-19(13-9-17)27-23(31)21-6-4-5-7-22(21)28-24(32)25(33)29-26-16-18-10-14-20(15-11-18)30(2)3/h4-16H,1-3H3,(H,27,31)(H,28,32)(H,29,33). The van der Waals surface area contributed by atoms with E-state index in [9.17, 15) is 14.4 Å². The molecule has 3 rings (SSSR count). The molecule has 3 N–H and O–H groups in total. The molecule has 3 amide bonds. The second-order valence-electron chi connectivity index (χ2n) is 7.50. The molecule has 33 heavy (non-hydrogen) atoms. The molecule has 0 aromatic heterocycles. The number of hydrogen-bond acceptors (Lipinski definition) is 5. The van der Waals surface area contributed by atoms with E-state index in [1.165, 1.54) is 6.21 Å². The number of aryl methyl sites for hydroxylation is 1. The molecule has 0 aliphatic rings. The third-order valence-electron chi connectivity index (χ3n) is 4.72. The molecule has 0 fully saturated rings. The van der Waals surface area contributed by atoms with Crippen LogP contribution in [0.5, 0.6) is 0 Å².